The van der Waals surface area contributed by atoms with Crippen LogP contribution in [0.15, 0.2) is 42.7 Å². The molecular weight excluding hydrogens is 689 g/mol. The Bertz CT molecular complexity index is 1820. The number of sulfone groups is 1. The van der Waals surface area contributed by atoms with Crippen molar-refractivity contribution in [1.82, 2.24) is 24.3 Å². The number of aromatic nitrogens is 3. The van der Waals surface area contributed by atoms with Gasteiger partial charge in [0.05, 0.1) is 17.9 Å². The van der Waals surface area contributed by atoms with Crippen LogP contribution >= 0.6 is 0 Å². The Morgan fingerprint density at radius 1 is 1.04 bits per heavy atom. The van der Waals surface area contributed by atoms with E-state index in [1.807, 2.05) is 46.0 Å². The van der Waals surface area contributed by atoms with E-state index >= 15 is 0 Å². The molecule has 284 valence electrons. The molecule has 0 unspecified atom stereocenters. The van der Waals surface area contributed by atoms with Crippen LogP contribution in [0.25, 0.3) is 16.7 Å². The zero-order chi connectivity index (χ0) is 37.6. The molecule has 2 aromatic heterocycles. The summed E-state index contributed by atoms with van der Waals surface area (Å²) in [6.07, 6.45) is 8.66. The van der Waals surface area contributed by atoms with Gasteiger partial charge in [0, 0.05) is 69.0 Å². The molecule has 1 saturated heterocycles. The minimum Gasteiger partial charge on any atom is -0.493 e. The maximum absolute atomic E-state index is 13.4. The lowest BCUT2D eigenvalue weighted by Crippen LogP contribution is -2.47. The number of benzene rings is 1. The molecule has 0 radical (unpaired) electrons. The molecule has 52 heavy (non-hydrogen) atoms. The van der Waals surface area contributed by atoms with Gasteiger partial charge in [0.25, 0.3) is 0 Å². The molecule has 3 aromatic rings. The number of ether oxygens (including phenoxy) is 3. The third kappa shape index (κ3) is 10.4. The number of hydrogen-bond donors (Lipinski definition) is 1. The molecule has 1 atom stereocenters. The molecule has 1 aromatic carbocycles. The number of anilines is 1. The molecule has 3 heterocycles. The van der Waals surface area contributed by atoms with E-state index in [1.165, 1.54) is 18.2 Å². The molecule has 5 rings (SSSR count). The first-order valence-electron chi connectivity index (χ1n) is 18.0. The van der Waals surface area contributed by atoms with Gasteiger partial charge in [-0.05, 0) is 84.1 Å². The predicted octanol–water partition coefficient (Wildman–Crippen LogP) is 4.99. The molecule has 2 fully saturated rings. The van der Waals surface area contributed by atoms with Crippen molar-refractivity contribution >= 4 is 44.7 Å². The molecule has 15 heteroatoms. The lowest BCUT2D eigenvalue weighted by Gasteiger charge is -2.36. The molecule has 1 N–H and O–H groups in total. The van der Waals surface area contributed by atoms with Crippen molar-refractivity contribution in [1.29, 1.82) is 0 Å². The number of hydrogen-bond acceptors (Lipinski definition) is 11. The van der Waals surface area contributed by atoms with Crippen LogP contribution < -0.4 is 10.1 Å². The van der Waals surface area contributed by atoms with E-state index in [0.717, 1.165) is 36.6 Å². The van der Waals surface area contributed by atoms with Crippen LogP contribution in [0, 0.1) is 5.92 Å². The van der Waals surface area contributed by atoms with Gasteiger partial charge in [-0.2, -0.15) is 4.98 Å². The van der Waals surface area contributed by atoms with E-state index in [0.29, 0.717) is 56.5 Å². The topological polar surface area (TPSA) is 162 Å². The monoisotopic (exact) mass is 740 g/mol. The summed E-state index contributed by atoms with van der Waals surface area (Å²) in [5.41, 5.74) is 0.243. The second-order valence-corrected chi connectivity index (χ2v) is 17.1. The lowest BCUT2D eigenvalue weighted by molar-refractivity contribution is -0.157. The number of carbonyl (C=O) groups excluding carboxylic acids is 3. The van der Waals surface area contributed by atoms with E-state index in [1.54, 1.807) is 33.9 Å². The number of carbonyl (C=O) groups is 3. The van der Waals surface area contributed by atoms with Crippen molar-refractivity contribution in [2.75, 3.05) is 44.1 Å². The predicted molar refractivity (Wildman–Crippen MR) is 197 cm³/mol. The fraction of sp³-hybridized carbons (Fsp3) is 0.595. The third-order valence-corrected chi connectivity index (χ3v) is 10.6. The van der Waals surface area contributed by atoms with Crippen LogP contribution in [-0.4, -0.2) is 113 Å². The highest BCUT2D eigenvalue weighted by molar-refractivity contribution is 7.90. The summed E-state index contributed by atoms with van der Waals surface area (Å²) in [6, 6.07) is 8.90. The van der Waals surface area contributed by atoms with E-state index in [-0.39, 0.29) is 29.7 Å². The highest BCUT2D eigenvalue weighted by atomic mass is 32.2. The number of rotatable bonds is 12. The number of nitrogens with one attached hydrogen (secondary N) is 1. The molecular formula is C37H52N6O8S. The fourth-order valence-electron chi connectivity index (χ4n) is 6.55. The third-order valence-electron chi connectivity index (χ3n) is 9.55. The van der Waals surface area contributed by atoms with Crippen LogP contribution in [-0.2, 0) is 28.9 Å². The highest BCUT2D eigenvalue weighted by Crippen LogP contribution is 2.31. The number of nitrogens with zero attached hydrogens (tertiary/aromatic N) is 5. The summed E-state index contributed by atoms with van der Waals surface area (Å²) in [5.74, 6) is 1.59. The summed E-state index contributed by atoms with van der Waals surface area (Å²) in [6.45, 7) is 8.28. The first-order chi connectivity index (χ1) is 24.6. The normalized spacial score (nSPS) is 19.2. The molecule has 1 aliphatic carbocycles. The number of likely N-dealkylation sites (tertiary alicyclic amines) is 1. The average molecular weight is 741 g/mol. The Kier molecular flexibility index (Phi) is 12.3. The first kappa shape index (κ1) is 38.8. The van der Waals surface area contributed by atoms with Gasteiger partial charge in [-0.3, -0.25) is 9.69 Å². The van der Waals surface area contributed by atoms with Gasteiger partial charge in [-0.1, -0.05) is 6.07 Å². The summed E-state index contributed by atoms with van der Waals surface area (Å²) in [7, 11) is -1.52. The van der Waals surface area contributed by atoms with Gasteiger partial charge in [-0.25, -0.2) is 23.0 Å². The minimum absolute atomic E-state index is 0.0547. The van der Waals surface area contributed by atoms with Crippen LogP contribution in [0.1, 0.15) is 72.6 Å². The molecule has 1 saturated carbocycles. The Balaban J connectivity index is 1.07. The number of likely N-dealkylation sites (N-methyl/N-ethyl adjacent to an activating group) is 1. The Morgan fingerprint density at radius 2 is 1.75 bits per heavy atom. The van der Waals surface area contributed by atoms with Crippen LogP contribution in [0.4, 0.5) is 10.7 Å². The molecule has 0 spiro atoms. The lowest BCUT2D eigenvalue weighted by atomic mass is 9.85. The quantitative estimate of drug-likeness (QED) is 0.197. The zero-order valence-electron chi connectivity index (χ0n) is 31.0. The second-order valence-electron chi connectivity index (χ2n) is 14.9. The highest BCUT2D eigenvalue weighted by Gasteiger charge is 2.34. The Hall–Kier alpha value is -4.40. The van der Waals surface area contributed by atoms with Crippen LogP contribution in [0.2, 0.25) is 0 Å². The maximum atomic E-state index is 13.4. The number of amides is 2. The van der Waals surface area contributed by atoms with Crippen molar-refractivity contribution < 1.29 is 37.0 Å². The SMILES string of the molecule is C[C@@H](C(=O)OC1CCN(C(=O)[C@H]2CC[C@H](Nc3nccc(-n4ccc5c(OCCCS(C)(=O)=O)cccc54)n3)CC2)CC1)N(C)C(=O)OC(C)(C)C. The molecule has 2 aliphatic rings. The van der Waals surface area contributed by atoms with E-state index in [4.69, 9.17) is 19.2 Å². The van der Waals surface area contributed by atoms with Crippen LogP contribution in [0.5, 0.6) is 5.75 Å². The summed E-state index contributed by atoms with van der Waals surface area (Å²) < 4.78 is 41.9. The van der Waals surface area contributed by atoms with Gasteiger partial charge in [-0.15, -0.1) is 0 Å². The van der Waals surface area contributed by atoms with Gasteiger partial charge < -0.3 is 29.0 Å². The largest absolute Gasteiger partial charge is 0.493 e. The van der Waals surface area contributed by atoms with Crippen molar-refractivity contribution in [3.8, 4) is 11.6 Å². The van der Waals surface area contributed by atoms with Gasteiger partial charge in [0.15, 0.2) is 0 Å². The zero-order valence-corrected chi connectivity index (χ0v) is 31.9. The Labute approximate surface area is 306 Å². The van der Waals surface area contributed by atoms with E-state index in [2.05, 4.69) is 10.3 Å². The fourth-order valence-corrected chi connectivity index (χ4v) is 7.20. The molecule has 0 bridgehead atoms. The standard InChI is InChI=1S/C37H52N6O8S/c1-25(41(5)36(46)51-37(2,3)4)34(45)50-28-16-20-42(21-17-28)33(44)26-11-13-27(14-12-26)39-35-38-19-15-32(40-35)43-22-18-29-30(43)9-7-10-31(29)49-23-8-24-52(6,47)48/h7,9-10,15,18-19,22,25-28H,8,11-14,16-17,20-21,23-24H2,1-6H3,(H,38,39,40)/t25-,26-,27-/m0/s1. The molecule has 1 aliphatic heterocycles. The number of fused-ring (bicyclic) bond motifs is 1. The first-order valence-corrected chi connectivity index (χ1v) is 20.1. The molecule has 2 amide bonds. The smallest absolute Gasteiger partial charge is 0.410 e. The van der Waals surface area contributed by atoms with Crippen molar-refractivity contribution in [2.45, 2.75) is 96.4 Å². The second kappa shape index (κ2) is 16.5. The van der Waals surface area contributed by atoms with E-state index in [9.17, 15) is 22.8 Å². The van der Waals surface area contributed by atoms with Crippen LogP contribution in [0.3, 0.4) is 0 Å². The summed E-state index contributed by atoms with van der Waals surface area (Å²) in [5, 5.41) is 4.38. The van der Waals surface area contributed by atoms with Gasteiger partial charge in [0.2, 0.25) is 11.9 Å². The van der Waals surface area contributed by atoms with Crippen molar-refractivity contribution in [3.05, 3.63) is 42.7 Å². The minimum atomic E-state index is -3.04. The average Bonchev–Trinajstić information content (AvgIpc) is 3.54. The van der Waals surface area contributed by atoms with Crippen molar-refractivity contribution in [2.24, 2.45) is 5.92 Å². The molecule has 14 nitrogen and oxygen atoms in total. The maximum Gasteiger partial charge on any atom is 0.410 e. The Morgan fingerprint density at radius 3 is 2.42 bits per heavy atom. The summed E-state index contributed by atoms with van der Waals surface area (Å²) >= 11 is 0. The van der Waals surface area contributed by atoms with Crippen molar-refractivity contribution in [3.63, 3.8) is 0 Å². The van der Waals surface area contributed by atoms with Gasteiger partial charge >= 0.3 is 12.1 Å². The number of piperidine rings is 1. The van der Waals surface area contributed by atoms with E-state index < -0.39 is 33.5 Å². The summed E-state index contributed by atoms with van der Waals surface area (Å²) in [4.78, 5) is 50.9. The number of esters is 1. The van der Waals surface area contributed by atoms with Gasteiger partial charge in [0.1, 0.15) is 39.2 Å².